The van der Waals surface area contributed by atoms with Crippen LogP contribution in [0.15, 0.2) is 77.6 Å². The van der Waals surface area contributed by atoms with Gasteiger partial charge in [0, 0.05) is 29.7 Å². The van der Waals surface area contributed by atoms with Gasteiger partial charge in [-0.1, -0.05) is 36.4 Å². The third-order valence-electron chi connectivity index (χ3n) is 5.98. The van der Waals surface area contributed by atoms with Gasteiger partial charge in [0.25, 0.3) is 11.5 Å². The van der Waals surface area contributed by atoms with Gasteiger partial charge in [-0.05, 0) is 66.8 Å². The Kier molecular flexibility index (Phi) is 6.68. The van der Waals surface area contributed by atoms with E-state index in [0.717, 1.165) is 16.5 Å². The van der Waals surface area contributed by atoms with Crippen molar-refractivity contribution in [1.29, 1.82) is 0 Å². The van der Waals surface area contributed by atoms with Crippen LogP contribution < -0.4 is 16.2 Å². The topological polar surface area (TPSA) is 89.4 Å². The first-order chi connectivity index (χ1) is 16.8. The minimum atomic E-state index is -0.436. The number of fused-ring (bicyclic) bond motifs is 1. The van der Waals surface area contributed by atoms with Crippen molar-refractivity contribution in [3.05, 3.63) is 105 Å². The fraction of sp³-hybridized carbons (Fsp3) is 0.179. The molecular formula is C28H27N3O4. The van der Waals surface area contributed by atoms with Crippen LogP contribution in [0.5, 0.6) is 0 Å². The maximum Gasteiger partial charge on any atom is 0.339 e. The molecule has 0 bridgehead atoms. The van der Waals surface area contributed by atoms with Crippen LogP contribution >= 0.6 is 0 Å². The molecule has 0 spiro atoms. The number of hydrogen-bond donors (Lipinski definition) is 2. The van der Waals surface area contributed by atoms with Crippen LogP contribution in [0.1, 0.15) is 44.8 Å². The van der Waals surface area contributed by atoms with Crippen molar-refractivity contribution in [3.63, 3.8) is 0 Å². The largest absolute Gasteiger partial charge is 0.465 e. The minimum absolute atomic E-state index is 0.210. The SMILES string of the molecule is COC(=O)c1ccccc1NC(C)c1cc(C)cc2c(=O)n(C)c(NC(=O)c3ccccc3)cc12. The predicted molar refractivity (Wildman–Crippen MR) is 138 cm³/mol. The highest BCUT2D eigenvalue weighted by molar-refractivity contribution is 6.04. The van der Waals surface area contributed by atoms with Crippen LogP contribution in [0.4, 0.5) is 11.5 Å². The van der Waals surface area contributed by atoms with E-state index in [1.54, 1.807) is 43.4 Å². The van der Waals surface area contributed by atoms with E-state index in [2.05, 4.69) is 10.6 Å². The third kappa shape index (κ3) is 4.80. The van der Waals surface area contributed by atoms with E-state index in [0.29, 0.717) is 28.0 Å². The number of aromatic nitrogens is 1. The molecule has 1 amide bonds. The number of benzene rings is 3. The molecule has 1 heterocycles. The predicted octanol–water partition coefficient (Wildman–Crippen LogP) is 5.06. The summed E-state index contributed by atoms with van der Waals surface area (Å²) in [5.41, 5.74) is 3.14. The summed E-state index contributed by atoms with van der Waals surface area (Å²) in [5, 5.41) is 7.52. The summed E-state index contributed by atoms with van der Waals surface area (Å²) in [6.07, 6.45) is 0. The van der Waals surface area contributed by atoms with Crippen molar-refractivity contribution >= 4 is 34.2 Å². The second kappa shape index (κ2) is 9.85. The van der Waals surface area contributed by atoms with E-state index in [-0.39, 0.29) is 17.5 Å². The highest BCUT2D eigenvalue weighted by Gasteiger charge is 2.18. The summed E-state index contributed by atoms with van der Waals surface area (Å²) in [7, 11) is 2.98. The van der Waals surface area contributed by atoms with Gasteiger partial charge in [-0.2, -0.15) is 0 Å². The number of para-hydroxylation sites is 1. The number of esters is 1. The number of hydrogen-bond acceptors (Lipinski definition) is 5. The van der Waals surface area contributed by atoms with Crippen LogP contribution in [0, 0.1) is 6.92 Å². The molecule has 2 N–H and O–H groups in total. The molecule has 0 aliphatic carbocycles. The number of ether oxygens (including phenoxy) is 1. The van der Waals surface area contributed by atoms with Gasteiger partial charge in [0.15, 0.2) is 0 Å². The summed E-state index contributed by atoms with van der Waals surface area (Å²) >= 11 is 0. The molecule has 0 saturated carbocycles. The van der Waals surface area contributed by atoms with E-state index >= 15 is 0 Å². The first-order valence-electron chi connectivity index (χ1n) is 11.2. The molecule has 3 aromatic carbocycles. The van der Waals surface area contributed by atoms with Crippen LogP contribution in [-0.4, -0.2) is 23.6 Å². The molecule has 4 rings (SSSR count). The second-order valence-corrected chi connectivity index (χ2v) is 8.43. The fourth-order valence-corrected chi connectivity index (χ4v) is 4.15. The van der Waals surface area contributed by atoms with Gasteiger partial charge in [-0.25, -0.2) is 4.79 Å². The molecule has 0 aliphatic rings. The van der Waals surface area contributed by atoms with Gasteiger partial charge < -0.3 is 15.4 Å². The number of carbonyl (C=O) groups excluding carboxylic acids is 2. The van der Waals surface area contributed by atoms with Gasteiger partial charge in [0.1, 0.15) is 5.82 Å². The molecular weight excluding hydrogens is 442 g/mol. The van der Waals surface area contributed by atoms with Gasteiger partial charge in [0.2, 0.25) is 0 Å². The standard InChI is InChI=1S/C28H27N3O4/c1-17-14-21(18(2)29-24-13-9-8-12-20(24)28(34)35-4)22-16-25(31(3)27(33)23(22)15-17)30-26(32)19-10-6-5-7-11-19/h5-16,18,29H,1-4H3,(H,30,32). The second-order valence-electron chi connectivity index (χ2n) is 8.43. The Morgan fingerprint density at radius 1 is 0.943 bits per heavy atom. The lowest BCUT2D eigenvalue weighted by atomic mass is 9.97. The average molecular weight is 470 g/mol. The number of rotatable bonds is 6. The number of pyridine rings is 1. The highest BCUT2D eigenvalue weighted by atomic mass is 16.5. The maximum absolute atomic E-state index is 13.3. The molecule has 0 saturated heterocycles. The Labute approximate surface area is 203 Å². The third-order valence-corrected chi connectivity index (χ3v) is 5.98. The van der Waals surface area contributed by atoms with Crippen molar-refractivity contribution in [2.45, 2.75) is 19.9 Å². The summed E-state index contributed by atoms with van der Waals surface area (Å²) in [6.45, 7) is 3.89. The number of amides is 1. The van der Waals surface area contributed by atoms with Crippen LogP contribution in [0.3, 0.4) is 0 Å². The van der Waals surface area contributed by atoms with E-state index in [4.69, 9.17) is 4.74 Å². The minimum Gasteiger partial charge on any atom is -0.465 e. The normalized spacial score (nSPS) is 11.7. The lowest BCUT2D eigenvalue weighted by molar-refractivity contribution is 0.0601. The van der Waals surface area contributed by atoms with Crippen LogP contribution in [0.2, 0.25) is 0 Å². The Morgan fingerprint density at radius 3 is 2.34 bits per heavy atom. The molecule has 0 aliphatic heterocycles. The summed E-state index contributed by atoms with van der Waals surface area (Å²) in [6, 6.07) is 21.4. The van der Waals surface area contributed by atoms with Crippen LogP contribution in [-0.2, 0) is 11.8 Å². The molecule has 7 heteroatoms. The zero-order valence-electron chi connectivity index (χ0n) is 20.1. The molecule has 7 nitrogen and oxygen atoms in total. The molecule has 1 unspecified atom stereocenters. The lowest BCUT2D eigenvalue weighted by Crippen LogP contribution is -2.24. The molecule has 4 aromatic rings. The Morgan fingerprint density at radius 2 is 1.63 bits per heavy atom. The molecule has 0 fully saturated rings. The quantitative estimate of drug-likeness (QED) is 0.385. The summed E-state index contributed by atoms with van der Waals surface area (Å²) in [5.74, 6) is -0.343. The number of anilines is 2. The maximum atomic E-state index is 13.3. The van der Waals surface area contributed by atoms with Gasteiger partial charge >= 0.3 is 5.97 Å². The number of methoxy groups -OCH3 is 1. The Balaban J connectivity index is 1.78. The Hall–Kier alpha value is -4.39. The Bertz CT molecular complexity index is 1480. The summed E-state index contributed by atoms with van der Waals surface area (Å²) in [4.78, 5) is 38.3. The molecule has 35 heavy (non-hydrogen) atoms. The average Bonchev–Trinajstić information content (AvgIpc) is 2.87. The number of carbonyl (C=O) groups is 2. The van der Waals surface area contributed by atoms with Gasteiger partial charge in [0.05, 0.1) is 12.7 Å². The van der Waals surface area contributed by atoms with Crippen molar-refractivity contribution in [1.82, 2.24) is 4.57 Å². The van der Waals surface area contributed by atoms with Crippen molar-refractivity contribution in [2.75, 3.05) is 17.7 Å². The van der Waals surface area contributed by atoms with Crippen molar-refractivity contribution < 1.29 is 14.3 Å². The van der Waals surface area contributed by atoms with E-state index in [9.17, 15) is 14.4 Å². The zero-order valence-corrected chi connectivity index (χ0v) is 20.1. The van der Waals surface area contributed by atoms with E-state index < -0.39 is 5.97 Å². The summed E-state index contributed by atoms with van der Waals surface area (Å²) < 4.78 is 6.35. The fourth-order valence-electron chi connectivity index (χ4n) is 4.15. The number of nitrogens with one attached hydrogen (secondary N) is 2. The monoisotopic (exact) mass is 469 g/mol. The van der Waals surface area contributed by atoms with Gasteiger partial charge in [-0.3, -0.25) is 14.2 Å². The van der Waals surface area contributed by atoms with Gasteiger partial charge in [-0.15, -0.1) is 0 Å². The molecule has 0 radical (unpaired) electrons. The van der Waals surface area contributed by atoms with Crippen LogP contribution in [0.25, 0.3) is 10.8 Å². The van der Waals surface area contributed by atoms with Crippen molar-refractivity contribution in [2.24, 2.45) is 7.05 Å². The number of aryl methyl sites for hydroxylation is 1. The molecule has 178 valence electrons. The first-order valence-corrected chi connectivity index (χ1v) is 11.2. The highest BCUT2D eigenvalue weighted by Crippen LogP contribution is 2.30. The lowest BCUT2D eigenvalue weighted by Gasteiger charge is -2.21. The molecule has 1 aromatic heterocycles. The smallest absolute Gasteiger partial charge is 0.339 e. The molecule has 1 atom stereocenters. The van der Waals surface area contributed by atoms with Crippen molar-refractivity contribution in [3.8, 4) is 0 Å². The first kappa shape index (κ1) is 23.8. The zero-order chi connectivity index (χ0) is 25.1. The van der Waals surface area contributed by atoms with E-state index in [1.807, 2.05) is 50.2 Å². The van der Waals surface area contributed by atoms with E-state index in [1.165, 1.54) is 11.7 Å². The number of nitrogens with zero attached hydrogens (tertiary/aromatic N) is 1.